The molecule has 0 aliphatic rings. The van der Waals surface area contributed by atoms with Crippen molar-refractivity contribution in [3.05, 3.63) is 29.8 Å². The first-order chi connectivity index (χ1) is 9.04. The predicted octanol–water partition coefficient (Wildman–Crippen LogP) is 2.37. The number of ether oxygens (including phenoxy) is 1. The second-order valence-corrected chi connectivity index (χ2v) is 4.61. The van der Waals surface area contributed by atoms with Gasteiger partial charge in [-0.25, -0.2) is 0 Å². The van der Waals surface area contributed by atoms with Crippen LogP contribution in [0.25, 0.3) is 0 Å². The number of aliphatic hydroxyl groups is 1. The first-order valence-corrected chi connectivity index (χ1v) is 6.78. The molecule has 2 N–H and O–H groups in total. The van der Waals surface area contributed by atoms with E-state index >= 15 is 0 Å². The summed E-state index contributed by atoms with van der Waals surface area (Å²) in [6.07, 6.45) is 1.28. The molecule has 19 heavy (non-hydrogen) atoms. The van der Waals surface area contributed by atoms with E-state index in [4.69, 9.17) is 4.74 Å². The molecule has 4 nitrogen and oxygen atoms in total. The molecule has 0 saturated carbocycles. The number of nitrogens with one attached hydrogen (secondary N) is 1. The van der Waals surface area contributed by atoms with E-state index in [1.165, 1.54) is 0 Å². The van der Waals surface area contributed by atoms with Gasteiger partial charge in [0.15, 0.2) is 0 Å². The van der Waals surface area contributed by atoms with E-state index in [-0.39, 0.29) is 12.5 Å². The molecule has 0 aliphatic heterocycles. The summed E-state index contributed by atoms with van der Waals surface area (Å²) in [5.41, 5.74) is -0.238. The summed E-state index contributed by atoms with van der Waals surface area (Å²) in [5.74, 6) is 0.485. The molecule has 0 aliphatic carbocycles. The molecule has 1 rings (SSSR count). The average Bonchev–Trinajstić information content (AvgIpc) is 2.45. The molecule has 1 aromatic rings. The van der Waals surface area contributed by atoms with E-state index in [0.717, 1.165) is 0 Å². The third-order valence-corrected chi connectivity index (χ3v) is 3.26. The summed E-state index contributed by atoms with van der Waals surface area (Å²) in [4.78, 5) is 11.7. The standard InChI is InChI=1S/C15H23NO3/c1-4-15(18,5-2)11-19-13-9-7-8-12(10-13)14(17)16-6-3/h7-10,18H,4-6,11H2,1-3H3,(H,16,17). The summed E-state index contributed by atoms with van der Waals surface area (Å²) in [6, 6.07) is 6.99. The second kappa shape index (κ2) is 7.14. The van der Waals surface area contributed by atoms with Crippen molar-refractivity contribution in [2.24, 2.45) is 0 Å². The van der Waals surface area contributed by atoms with Crippen LogP contribution in [0.4, 0.5) is 0 Å². The van der Waals surface area contributed by atoms with E-state index in [2.05, 4.69) is 5.32 Å². The molecular weight excluding hydrogens is 242 g/mol. The molecule has 106 valence electrons. The lowest BCUT2D eigenvalue weighted by molar-refractivity contribution is -0.0113. The van der Waals surface area contributed by atoms with Crippen LogP contribution in [0.3, 0.4) is 0 Å². The van der Waals surface area contributed by atoms with Crippen LogP contribution in [0.15, 0.2) is 24.3 Å². The highest BCUT2D eigenvalue weighted by Crippen LogP contribution is 2.19. The Morgan fingerprint density at radius 3 is 2.58 bits per heavy atom. The summed E-state index contributed by atoms with van der Waals surface area (Å²) < 4.78 is 5.59. The zero-order valence-electron chi connectivity index (χ0n) is 11.9. The van der Waals surface area contributed by atoms with Gasteiger partial charge in [0, 0.05) is 12.1 Å². The highest BCUT2D eigenvalue weighted by atomic mass is 16.5. The van der Waals surface area contributed by atoms with Gasteiger partial charge in [0.25, 0.3) is 5.91 Å². The van der Waals surface area contributed by atoms with Crippen LogP contribution in [0, 0.1) is 0 Å². The SMILES string of the molecule is CCNC(=O)c1cccc(OCC(O)(CC)CC)c1. The Labute approximate surface area is 114 Å². The fourth-order valence-corrected chi connectivity index (χ4v) is 1.66. The van der Waals surface area contributed by atoms with Crippen molar-refractivity contribution >= 4 is 5.91 Å². The predicted molar refractivity (Wildman–Crippen MR) is 75.5 cm³/mol. The number of carbonyl (C=O) groups is 1. The smallest absolute Gasteiger partial charge is 0.251 e. The topological polar surface area (TPSA) is 58.6 Å². The summed E-state index contributed by atoms with van der Waals surface area (Å²) in [6.45, 7) is 6.56. The third-order valence-electron chi connectivity index (χ3n) is 3.26. The molecule has 0 atom stereocenters. The maximum Gasteiger partial charge on any atom is 0.251 e. The Morgan fingerprint density at radius 1 is 1.32 bits per heavy atom. The molecule has 0 spiro atoms. The highest BCUT2D eigenvalue weighted by molar-refractivity contribution is 5.94. The first kappa shape index (κ1) is 15.5. The second-order valence-electron chi connectivity index (χ2n) is 4.61. The Bertz CT molecular complexity index is 414. The van der Waals surface area contributed by atoms with Gasteiger partial charge in [-0.1, -0.05) is 19.9 Å². The van der Waals surface area contributed by atoms with Crippen molar-refractivity contribution in [2.45, 2.75) is 39.2 Å². The monoisotopic (exact) mass is 265 g/mol. The lowest BCUT2D eigenvalue weighted by Gasteiger charge is -2.25. The fraction of sp³-hybridized carbons (Fsp3) is 0.533. The van der Waals surface area contributed by atoms with Crippen molar-refractivity contribution in [2.75, 3.05) is 13.2 Å². The first-order valence-electron chi connectivity index (χ1n) is 6.78. The summed E-state index contributed by atoms with van der Waals surface area (Å²) >= 11 is 0. The van der Waals surface area contributed by atoms with Crippen LogP contribution < -0.4 is 10.1 Å². The quantitative estimate of drug-likeness (QED) is 0.795. The highest BCUT2D eigenvalue weighted by Gasteiger charge is 2.23. The van der Waals surface area contributed by atoms with Gasteiger partial charge in [0.1, 0.15) is 12.4 Å². The average molecular weight is 265 g/mol. The third kappa shape index (κ3) is 4.56. The maximum atomic E-state index is 11.7. The van der Waals surface area contributed by atoms with E-state index in [0.29, 0.717) is 30.7 Å². The minimum Gasteiger partial charge on any atom is -0.491 e. The van der Waals surface area contributed by atoms with Crippen molar-refractivity contribution in [1.82, 2.24) is 5.32 Å². The molecule has 4 heteroatoms. The van der Waals surface area contributed by atoms with Crippen LogP contribution in [0.2, 0.25) is 0 Å². The molecule has 0 aromatic heterocycles. The van der Waals surface area contributed by atoms with Gasteiger partial charge in [-0.15, -0.1) is 0 Å². The number of hydrogen-bond acceptors (Lipinski definition) is 3. The lowest BCUT2D eigenvalue weighted by atomic mass is 9.99. The maximum absolute atomic E-state index is 11.7. The zero-order chi connectivity index (χ0) is 14.3. The summed E-state index contributed by atoms with van der Waals surface area (Å²) in [7, 11) is 0. The number of carbonyl (C=O) groups excluding carboxylic acids is 1. The largest absolute Gasteiger partial charge is 0.491 e. The molecule has 0 fully saturated rings. The van der Waals surface area contributed by atoms with Crippen LogP contribution in [-0.2, 0) is 0 Å². The Balaban J connectivity index is 2.70. The van der Waals surface area contributed by atoms with E-state index in [1.807, 2.05) is 20.8 Å². The number of amides is 1. The van der Waals surface area contributed by atoms with E-state index in [9.17, 15) is 9.90 Å². The van der Waals surface area contributed by atoms with Crippen LogP contribution in [0.1, 0.15) is 44.0 Å². The van der Waals surface area contributed by atoms with Crippen molar-refractivity contribution in [3.63, 3.8) is 0 Å². The minimum atomic E-state index is -0.804. The molecule has 0 unspecified atom stereocenters. The van der Waals surface area contributed by atoms with Crippen LogP contribution >= 0.6 is 0 Å². The van der Waals surface area contributed by atoms with Crippen molar-refractivity contribution in [1.29, 1.82) is 0 Å². The van der Waals surface area contributed by atoms with Gasteiger partial charge < -0.3 is 15.2 Å². The Morgan fingerprint density at radius 2 is 2.00 bits per heavy atom. The van der Waals surface area contributed by atoms with Crippen molar-refractivity contribution < 1.29 is 14.6 Å². The Kier molecular flexibility index (Phi) is 5.83. The normalized spacial score (nSPS) is 11.2. The van der Waals surface area contributed by atoms with Gasteiger partial charge in [0.05, 0.1) is 5.60 Å². The van der Waals surface area contributed by atoms with Gasteiger partial charge in [0.2, 0.25) is 0 Å². The molecule has 0 saturated heterocycles. The van der Waals surface area contributed by atoms with Gasteiger partial charge in [-0.2, -0.15) is 0 Å². The van der Waals surface area contributed by atoms with Gasteiger partial charge >= 0.3 is 0 Å². The molecular formula is C15H23NO3. The molecule has 0 heterocycles. The van der Waals surface area contributed by atoms with Crippen LogP contribution in [0.5, 0.6) is 5.75 Å². The fourth-order valence-electron chi connectivity index (χ4n) is 1.66. The zero-order valence-corrected chi connectivity index (χ0v) is 11.9. The van der Waals surface area contributed by atoms with Crippen LogP contribution in [-0.4, -0.2) is 29.8 Å². The van der Waals surface area contributed by atoms with Gasteiger partial charge in [-0.3, -0.25) is 4.79 Å². The number of hydrogen-bond donors (Lipinski definition) is 2. The van der Waals surface area contributed by atoms with Gasteiger partial charge in [-0.05, 0) is 38.0 Å². The number of benzene rings is 1. The number of rotatable bonds is 7. The molecule has 1 aromatic carbocycles. The van der Waals surface area contributed by atoms with E-state index < -0.39 is 5.60 Å². The minimum absolute atomic E-state index is 0.116. The Hall–Kier alpha value is -1.55. The lowest BCUT2D eigenvalue weighted by Crippen LogP contribution is -2.34. The molecule has 0 radical (unpaired) electrons. The van der Waals surface area contributed by atoms with E-state index in [1.54, 1.807) is 24.3 Å². The molecule has 0 bridgehead atoms. The van der Waals surface area contributed by atoms with Crippen molar-refractivity contribution in [3.8, 4) is 5.75 Å². The molecule has 1 amide bonds. The summed E-state index contributed by atoms with van der Waals surface area (Å²) in [5, 5.41) is 12.9.